The number of rotatable bonds is 2. The Hall–Kier alpha value is -1.98. The van der Waals surface area contributed by atoms with E-state index in [1.54, 1.807) is 16.8 Å². The largest absolute Gasteiger partial charge is 0.399 e. The van der Waals surface area contributed by atoms with E-state index in [1.165, 1.54) is 6.07 Å². The van der Waals surface area contributed by atoms with Crippen LogP contribution in [0.5, 0.6) is 0 Å². The van der Waals surface area contributed by atoms with Gasteiger partial charge in [-0.2, -0.15) is 0 Å². The topological polar surface area (TPSA) is 69.6 Å². The highest BCUT2D eigenvalue weighted by Crippen LogP contribution is 2.40. The van der Waals surface area contributed by atoms with Crippen molar-refractivity contribution >= 4 is 5.69 Å². The van der Waals surface area contributed by atoms with Crippen LogP contribution < -0.4 is 5.73 Å². The molecule has 1 heterocycles. The lowest BCUT2D eigenvalue weighted by Gasteiger charge is -2.38. The van der Waals surface area contributed by atoms with Gasteiger partial charge in [-0.15, -0.1) is 5.10 Å². The summed E-state index contributed by atoms with van der Waals surface area (Å²) in [4.78, 5) is 0. The van der Waals surface area contributed by atoms with Crippen molar-refractivity contribution in [1.82, 2.24) is 20.2 Å². The molecule has 6 heteroatoms. The SMILES string of the molecule is CC1(n2nnnc2-c2ccc(N)cc2F)CCC1. The van der Waals surface area contributed by atoms with Crippen molar-refractivity contribution < 1.29 is 4.39 Å². The van der Waals surface area contributed by atoms with Crippen LogP contribution in [0, 0.1) is 5.82 Å². The van der Waals surface area contributed by atoms with E-state index in [0.29, 0.717) is 17.1 Å². The predicted octanol–water partition coefficient (Wildman–Crippen LogP) is 1.96. The van der Waals surface area contributed by atoms with Crippen molar-refractivity contribution in [3.63, 3.8) is 0 Å². The molecule has 1 aliphatic rings. The molecule has 0 radical (unpaired) electrons. The minimum atomic E-state index is -0.394. The molecule has 3 rings (SSSR count). The molecule has 5 nitrogen and oxygen atoms in total. The summed E-state index contributed by atoms with van der Waals surface area (Å²) in [5, 5.41) is 11.6. The van der Waals surface area contributed by atoms with Gasteiger partial charge in [-0.25, -0.2) is 9.07 Å². The summed E-state index contributed by atoms with van der Waals surface area (Å²) in [5.41, 5.74) is 6.24. The number of nitrogens with two attached hydrogens (primary N) is 1. The summed E-state index contributed by atoms with van der Waals surface area (Å²) in [6, 6.07) is 4.56. The third-order valence-corrected chi connectivity index (χ3v) is 3.65. The molecule has 0 saturated heterocycles. The van der Waals surface area contributed by atoms with Crippen LogP contribution in [0.2, 0.25) is 0 Å². The Labute approximate surface area is 104 Å². The van der Waals surface area contributed by atoms with Crippen LogP contribution in [0.3, 0.4) is 0 Å². The highest BCUT2D eigenvalue weighted by atomic mass is 19.1. The van der Waals surface area contributed by atoms with Gasteiger partial charge in [0.2, 0.25) is 0 Å². The second kappa shape index (κ2) is 3.76. The third-order valence-electron chi connectivity index (χ3n) is 3.65. The first kappa shape index (κ1) is 11.1. The Morgan fingerprint density at radius 1 is 1.39 bits per heavy atom. The van der Waals surface area contributed by atoms with Crippen LogP contribution >= 0.6 is 0 Å². The molecule has 94 valence electrons. The molecule has 2 aromatic rings. The van der Waals surface area contributed by atoms with Crippen molar-refractivity contribution in [1.29, 1.82) is 0 Å². The van der Waals surface area contributed by atoms with E-state index in [0.717, 1.165) is 19.3 Å². The van der Waals surface area contributed by atoms with Gasteiger partial charge in [0, 0.05) is 5.69 Å². The number of benzene rings is 1. The zero-order chi connectivity index (χ0) is 12.8. The fourth-order valence-electron chi connectivity index (χ4n) is 2.33. The summed E-state index contributed by atoms with van der Waals surface area (Å²) in [5.74, 6) is 0.0728. The summed E-state index contributed by atoms with van der Waals surface area (Å²) < 4.78 is 15.6. The molecular formula is C12H14FN5. The lowest BCUT2D eigenvalue weighted by atomic mass is 9.78. The monoisotopic (exact) mass is 247 g/mol. The summed E-state index contributed by atoms with van der Waals surface area (Å²) in [7, 11) is 0. The van der Waals surface area contributed by atoms with Crippen LogP contribution in [-0.2, 0) is 5.54 Å². The first-order valence-corrected chi connectivity index (χ1v) is 5.94. The van der Waals surface area contributed by atoms with Crippen molar-refractivity contribution in [2.45, 2.75) is 31.7 Å². The van der Waals surface area contributed by atoms with Crippen molar-refractivity contribution in [2.24, 2.45) is 0 Å². The second-order valence-electron chi connectivity index (χ2n) is 5.00. The van der Waals surface area contributed by atoms with Crippen molar-refractivity contribution in [2.75, 3.05) is 5.73 Å². The van der Waals surface area contributed by atoms with Crippen molar-refractivity contribution in [3.8, 4) is 11.4 Å². The van der Waals surface area contributed by atoms with Crippen LogP contribution in [0.4, 0.5) is 10.1 Å². The molecule has 0 bridgehead atoms. The van der Waals surface area contributed by atoms with Crippen LogP contribution in [0.15, 0.2) is 18.2 Å². The molecule has 1 fully saturated rings. The Kier molecular flexibility index (Phi) is 2.33. The van der Waals surface area contributed by atoms with Gasteiger partial charge in [0.05, 0.1) is 11.1 Å². The third kappa shape index (κ3) is 1.56. The lowest BCUT2D eigenvalue weighted by molar-refractivity contribution is 0.148. The maximum atomic E-state index is 13.9. The maximum Gasteiger partial charge on any atom is 0.185 e. The molecule has 0 spiro atoms. The van der Waals surface area contributed by atoms with E-state index < -0.39 is 5.82 Å². The normalized spacial score (nSPS) is 17.4. The molecule has 0 aliphatic heterocycles. The van der Waals surface area contributed by atoms with Gasteiger partial charge < -0.3 is 5.73 Å². The van der Waals surface area contributed by atoms with E-state index in [2.05, 4.69) is 22.4 Å². The minimum Gasteiger partial charge on any atom is -0.399 e. The van der Waals surface area contributed by atoms with E-state index in [9.17, 15) is 4.39 Å². The Morgan fingerprint density at radius 3 is 2.78 bits per heavy atom. The van der Waals surface area contributed by atoms with Gasteiger partial charge in [0.1, 0.15) is 5.82 Å². The molecule has 0 atom stereocenters. The number of halogens is 1. The number of hydrogen-bond donors (Lipinski definition) is 1. The Balaban J connectivity index is 2.10. The zero-order valence-corrected chi connectivity index (χ0v) is 10.1. The van der Waals surface area contributed by atoms with Crippen molar-refractivity contribution in [3.05, 3.63) is 24.0 Å². The first-order valence-electron chi connectivity index (χ1n) is 5.94. The summed E-state index contributed by atoms with van der Waals surface area (Å²) in [6.45, 7) is 2.09. The number of aromatic nitrogens is 4. The van der Waals surface area contributed by atoms with E-state index >= 15 is 0 Å². The van der Waals surface area contributed by atoms with E-state index in [-0.39, 0.29) is 5.54 Å². The van der Waals surface area contributed by atoms with Gasteiger partial charge in [0.25, 0.3) is 0 Å². The fourth-order valence-corrected chi connectivity index (χ4v) is 2.33. The number of hydrogen-bond acceptors (Lipinski definition) is 4. The van der Waals surface area contributed by atoms with Gasteiger partial charge in [0.15, 0.2) is 5.82 Å². The molecule has 2 N–H and O–H groups in total. The number of tetrazole rings is 1. The van der Waals surface area contributed by atoms with Gasteiger partial charge in [-0.05, 0) is 54.8 Å². The van der Waals surface area contributed by atoms with E-state index in [4.69, 9.17) is 5.73 Å². The lowest BCUT2D eigenvalue weighted by Crippen LogP contribution is -2.38. The van der Waals surface area contributed by atoms with E-state index in [1.807, 2.05) is 0 Å². The van der Waals surface area contributed by atoms with Crippen LogP contribution in [0.25, 0.3) is 11.4 Å². The van der Waals surface area contributed by atoms with Gasteiger partial charge in [-0.1, -0.05) is 0 Å². The zero-order valence-electron chi connectivity index (χ0n) is 10.1. The molecule has 0 unspecified atom stereocenters. The summed E-state index contributed by atoms with van der Waals surface area (Å²) in [6.07, 6.45) is 3.18. The maximum absolute atomic E-state index is 13.9. The smallest absolute Gasteiger partial charge is 0.185 e. The summed E-state index contributed by atoms with van der Waals surface area (Å²) >= 11 is 0. The molecule has 0 amide bonds. The highest BCUT2D eigenvalue weighted by Gasteiger charge is 2.37. The molecule has 1 aromatic carbocycles. The number of anilines is 1. The number of nitrogen functional groups attached to an aromatic ring is 1. The Bertz CT molecular complexity index is 588. The molecule has 1 saturated carbocycles. The quantitative estimate of drug-likeness (QED) is 0.823. The predicted molar refractivity (Wildman–Crippen MR) is 65.1 cm³/mol. The van der Waals surface area contributed by atoms with Gasteiger partial charge >= 0.3 is 0 Å². The molecule has 18 heavy (non-hydrogen) atoms. The fraction of sp³-hybridized carbons (Fsp3) is 0.417. The second-order valence-corrected chi connectivity index (χ2v) is 5.00. The van der Waals surface area contributed by atoms with Crippen LogP contribution in [0.1, 0.15) is 26.2 Å². The average molecular weight is 247 g/mol. The Morgan fingerprint density at radius 2 is 2.17 bits per heavy atom. The average Bonchev–Trinajstić information content (AvgIpc) is 2.75. The number of nitrogens with zero attached hydrogens (tertiary/aromatic N) is 4. The molecule has 1 aromatic heterocycles. The molecular weight excluding hydrogens is 233 g/mol. The first-order chi connectivity index (χ1) is 8.60. The van der Waals surface area contributed by atoms with Crippen LogP contribution in [-0.4, -0.2) is 20.2 Å². The molecule has 1 aliphatic carbocycles. The highest BCUT2D eigenvalue weighted by molar-refractivity contribution is 5.59. The minimum absolute atomic E-state index is 0.0906. The van der Waals surface area contributed by atoms with Gasteiger partial charge in [-0.3, -0.25) is 0 Å². The standard InChI is InChI=1S/C12H14FN5/c1-12(5-2-6-12)18-11(15-16-17-18)9-4-3-8(14)7-10(9)13/h3-4,7H,2,5-6,14H2,1H3.